The van der Waals surface area contributed by atoms with E-state index in [-0.39, 0.29) is 18.3 Å². The summed E-state index contributed by atoms with van der Waals surface area (Å²) < 4.78 is 30.8. The molecule has 0 aliphatic rings. The van der Waals surface area contributed by atoms with Crippen molar-refractivity contribution in [3.05, 3.63) is 89.2 Å². The number of rotatable bonds is 8. The minimum absolute atomic E-state index is 0.141. The maximum Gasteiger partial charge on any atom is 0.254 e. The first-order valence-electron chi connectivity index (χ1n) is 9.45. The zero-order valence-electron chi connectivity index (χ0n) is 17.2. The van der Waals surface area contributed by atoms with Crippen LogP contribution < -0.4 is 14.2 Å². The van der Waals surface area contributed by atoms with Crippen molar-refractivity contribution < 1.29 is 23.4 Å². The molecule has 3 aromatic carbocycles. The van der Waals surface area contributed by atoms with E-state index in [1.54, 1.807) is 37.4 Å². The normalized spacial score (nSPS) is 10.4. The van der Waals surface area contributed by atoms with Crippen molar-refractivity contribution in [1.29, 1.82) is 0 Å². The molecule has 0 fully saturated rings. The Kier molecular flexibility index (Phi) is 6.91. The summed E-state index contributed by atoms with van der Waals surface area (Å²) in [5.74, 6) is 0.541. The summed E-state index contributed by atoms with van der Waals surface area (Å²) in [6.45, 7) is 0.469. The number of hydrogen-bond acceptors (Lipinski definition) is 4. The molecule has 0 radical (unpaired) electrons. The number of ether oxygens (including phenoxy) is 3. The van der Waals surface area contributed by atoms with Gasteiger partial charge in [-0.1, -0.05) is 48.5 Å². The Balaban J connectivity index is 1.83. The Hall–Kier alpha value is -3.54. The predicted molar refractivity (Wildman–Crippen MR) is 113 cm³/mol. The third-order valence-corrected chi connectivity index (χ3v) is 4.65. The first kappa shape index (κ1) is 21.2. The highest BCUT2D eigenvalue weighted by Crippen LogP contribution is 2.39. The Morgan fingerprint density at radius 2 is 1.53 bits per heavy atom. The van der Waals surface area contributed by atoms with Gasteiger partial charge in [0.25, 0.3) is 5.91 Å². The van der Waals surface area contributed by atoms with Crippen LogP contribution in [-0.2, 0) is 13.2 Å². The molecule has 30 heavy (non-hydrogen) atoms. The number of amides is 1. The quantitative estimate of drug-likeness (QED) is 0.541. The van der Waals surface area contributed by atoms with Crippen LogP contribution in [0.15, 0.2) is 66.7 Å². The van der Waals surface area contributed by atoms with E-state index in [0.29, 0.717) is 35.0 Å². The number of hydrogen-bond donors (Lipinski definition) is 0. The second kappa shape index (κ2) is 9.78. The molecule has 0 aliphatic carbocycles. The van der Waals surface area contributed by atoms with E-state index in [9.17, 15) is 9.18 Å². The molecule has 5 nitrogen and oxygen atoms in total. The first-order valence-corrected chi connectivity index (χ1v) is 9.45. The molecule has 0 atom stereocenters. The summed E-state index contributed by atoms with van der Waals surface area (Å²) in [6, 6.07) is 19.3. The second-order valence-electron chi connectivity index (χ2n) is 6.74. The monoisotopic (exact) mass is 409 g/mol. The fourth-order valence-corrected chi connectivity index (χ4v) is 3.05. The lowest BCUT2D eigenvalue weighted by Gasteiger charge is -2.20. The predicted octanol–water partition coefficient (Wildman–Crippen LogP) is 4.69. The summed E-state index contributed by atoms with van der Waals surface area (Å²) in [4.78, 5) is 14.4. The van der Waals surface area contributed by atoms with E-state index in [0.717, 1.165) is 5.56 Å². The zero-order chi connectivity index (χ0) is 21.5. The number of benzene rings is 3. The van der Waals surface area contributed by atoms with Crippen molar-refractivity contribution in [1.82, 2.24) is 4.90 Å². The van der Waals surface area contributed by atoms with Crippen molar-refractivity contribution in [3.8, 4) is 17.2 Å². The molecule has 0 aromatic heterocycles. The molecular weight excluding hydrogens is 385 g/mol. The molecule has 0 unspecified atom stereocenters. The number of methoxy groups -OCH3 is 2. The molecule has 3 rings (SSSR count). The van der Waals surface area contributed by atoms with Crippen molar-refractivity contribution in [2.75, 3.05) is 21.3 Å². The van der Waals surface area contributed by atoms with E-state index in [4.69, 9.17) is 14.2 Å². The summed E-state index contributed by atoms with van der Waals surface area (Å²) >= 11 is 0. The molecule has 0 spiro atoms. The van der Waals surface area contributed by atoms with Gasteiger partial charge in [0.05, 0.1) is 14.2 Å². The van der Waals surface area contributed by atoms with Crippen molar-refractivity contribution in [2.45, 2.75) is 13.2 Å². The lowest BCUT2D eigenvalue weighted by atomic mass is 10.1. The number of carbonyl (C=O) groups is 1. The van der Waals surface area contributed by atoms with E-state index in [1.807, 2.05) is 30.3 Å². The number of carbonyl (C=O) groups excluding carboxylic acids is 1. The molecule has 6 heteroatoms. The lowest BCUT2D eigenvalue weighted by Crippen LogP contribution is -2.26. The largest absolute Gasteiger partial charge is 0.493 e. The van der Waals surface area contributed by atoms with Crippen molar-refractivity contribution >= 4 is 5.91 Å². The van der Waals surface area contributed by atoms with Gasteiger partial charge in [0.2, 0.25) is 5.75 Å². The van der Waals surface area contributed by atoms with Gasteiger partial charge in [-0.15, -0.1) is 0 Å². The minimum atomic E-state index is -0.350. The maximum atomic E-state index is 13.9. The van der Waals surface area contributed by atoms with Gasteiger partial charge in [-0.3, -0.25) is 4.79 Å². The molecule has 0 saturated heterocycles. The van der Waals surface area contributed by atoms with Crippen LogP contribution in [0, 0.1) is 5.82 Å². The third-order valence-electron chi connectivity index (χ3n) is 4.65. The van der Waals surface area contributed by atoms with Gasteiger partial charge >= 0.3 is 0 Å². The molecule has 0 bridgehead atoms. The SMILES string of the molecule is COc1cc(C(=O)N(C)Cc2ccccc2F)cc(OC)c1OCc1ccccc1. The van der Waals surface area contributed by atoms with E-state index in [2.05, 4.69) is 0 Å². The van der Waals surface area contributed by atoms with Crippen LogP contribution in [0.1, 0.15) is 21.5 Å². The maximum absolute atomic E-state index is 13.9. The van der Waals surface area contributed by atoms with Crippen LogP contribution in [0.25, 0.3) is 0 Å². The second-order valence-corrected chi connectivity index (χ2v) is 6.74. The zero-order valence-corrected chi connectivity index (χ0v) is 17.2. The Bertz CT molecular complexity index is 982. The Morgan fingerprint density at radius 1 is 0.933 bits per heavy atom. The molecule has 0 heterocycles. The van der Waals surface area contributed by atoms with Crippen molar-refractivity contribution in [2.24, 2.45) is 0 Å². The average molecular weight is 409 g/mol. The molecule has 0 aliphatic heterocycles. The Morgan fingerprint density at radius 3 is 2.13 bits per heavy atom. The molecule has 1 amide bonds. The molecule has 0 saturated carbocycles. The highest BCUT2D eigenvalue weighted by molar-refractivity contribution is 5.95. The third kappa shape index (κ3) is 4.89. The Labute approximate surface area is 175 Å². The van der Waals surface area contributed by atoms with Gasteiger partial charge in [0.15, 0.2) is 11.5 Å². The van der Waals surface area contributed by atoms with Crippen LogP contribution in [0.4, 0.5) is 4.39 Å². The molecule has 3 aromatic rings. The van der Waals surface area contributed by atoms with Crippen LogP contribution in [0.2, 0.25) is 0 Å². The van der Waals surface area contributed by atoms with Gasteiger partial charge in [-0.2, -0.15) is 0 Å². The fourth-order valence-electron chi connectivity index (χ4n) is 3.05. The van der Waals surface area contributed by atoms with Gasteiger partial charge in [-0.05, 0) is 23.8 Å². The topological polar surface area (TPSA) is 48.0 Å². The standard InChI is InChI=1S/C24H24FNO4/c1-26(15-18-11-7-8-12-20(18)25)24(27)19-13-21(28-2)23(22(14-19)29-3)30-16-17-9-5-4-6-10-17/h4-14H,15-16H2,1-3H3. The van der Waals surface area contributed by atoms with Gasteiger partial charge in [-0.25, -0.2) is 4.39 Å². The lowest BCUT2D eigenvalue weighted by molar-refractivity contribution is 0.0783. The first-order chi connectivity index (χ1) is 14.5. The van der Waals surface area contributed by atoms with Crippen LogP contribution >= 0.6 is 0 Å². The minimum Gasteiger partial charge on any atom is -0.493 e. The van der Waals surface area contributed by atoms with Gasteiger partial charge < -0.3 is 19.1 Å². The summed E-state index contributed by atoms with van der Waals surface area (Å²) in [6.07, 6.45) is 0. The highest BCUT2D eigenvalue weighted by Gasteiger charge is 2.20. The number of halogens is 1. The van der Waals surface area contributed by atoms with Crippen LogP contribution in [0.5, 0.6) is 17.2 Å². The van der Waals surface area contributed by atoms with Crippen LogP contribution in [-0.4, -0.2) is 32.1 Å². The summed E-state index contributed by atoms with van der Waals surface area (Å²) in [7, 11) is 4.62. The average Bonchev–Trinajstić information content (AvgIpc) is 2.78. The summed E-state index contributed by atoms with van der Waals surface area (Å²) in [5, 5.41) is 0. The van der Waals surface area contributed by atoms with E-state index < -0.39 is 0 Å². The van der Waals surface area contributed by atoms with E-state index in [1.165, 1.54) is 25.2 Å². The molecule has 0 N–H and O–H groups in total. The fraction of sp³-hybridized carbons (Fsp3) is 0.208. The van der Waals surface area contributed by atoms with Crippen molar-refractivity contribution in [3.63, 3.8) is 0 Å². The van der Waals surface area contributed by atoms with Crippen LogP contribution in [0.3, 0.4) is 0 Å². The summed E-state index contributed by atoms with van der Waals surface area (Å²) in [5.41, 5.74) is 1.79. The highest BCUT2D eigenvalue weighted by atomic mass is 19.1. The van der Waals surface area contributed by atoms with Gasteiger partial charge in [0, 0.05) is 24.7 Å². The smallest absolute Gasteiger partial charge is 0.254 e. The van der Waals surface area contributed by atoms with E-state index >= 15 is 0 Å². The molecular formula is C24H24FNO4. The number of nitrogens with zero attached hydrogens (tertiary/aromatic N) is 1. The molecule has 156 valence electrons. The van der Waals surface area contributed by atoms with Gasteiger partial charge in [0.1, 0.15) is 12.4 Å².